The zero-order valence-corrected chi connectivity index (χ0v) is 12.4. The number of hydrogen-bond acceptors (Lipinski definition) is 4. The van der Waals surface area contributed by atoms with E-state index in [2.05, 4.69) is 46.2 Å². The highest BCUT2D eigenvalue weighted by molar-refractivity contribution is 8.00. The summed E-state index contributed by atoms with van der Waals surface area (Å²) in [5.41, 5.74) is 4.43. The molecule has 2 atom stereocenters. The van der Waals surface area contributed by atoms with Gasteiger partial charge in [0, 0.05) is 41.5 Å². The van der Waals surface area contributed by atoms with Crippen LogP contribution in [0.15, 0.2) is 41.6 Å². The van der Waals surface area contributed by atoms with Crippen LogP contribution >= 0.6 is 11.8 Å². The Balaban J connectivity index is 1.73. The van der Waals surface area contributed by atoms with Crippen LogP contribution in [0.2, 0.25) is 0 Å². The molecule has 3 rings (SSSR count). The number of hydrogen-bond donors (Lipinski definition) is 2. The van der Waals surface area contributed by atoms with E-state index >= 15 is 0 Å². The van der Waals surface area contributed by atoms with Gasteiger partial charge < -0.3 is 4.57 Å². The molecule has 1 aromatic heterocycles. The van der Waals surface area contributed by atoms with Crippen molar-refractivity contribution in [2.75, 3.05) is 0 Å². The maximum Gasteiger partial charge on any atom is 0.110 e. The fourth-order valence-electron chi connectivity index (χ4n) is 2.75. The summed E-state index contributed by atoms with van der Waals surface area (Å²) in [5.74, 6) is 6.90. The Kier molecular flexibility index (Phi) is 4.10. The highest BCUT2D eigenvalue weighted by Gasteiger charge is 2.29. The van der Waals surface area contributed by atoms with Crippen molar-refractivity contribution in [3.63, 3.8) is 0 Å². The summed E-state index contributed by atoms with van der Waals surface area (Å²) in [6, 6.07) is 8.85. The Hall–Kier alpha value is -1.30. The first-order chi connectivity index (χ1) is 9.81. The third-order valence-electron chi connectivity index (χ3n) is 3.88. The minimum atomic E-state index is 0.236. The number of nitrogens with zero attached hydrogens (tertiary/aromatic N) is 2. The smallest absolute Gasteiger partial charge is 0.110 e. The maximum absolute atomic E-state index is 5.80. The number of rotatable bonds is 5. The van der Waals surface area contributed by atoms with Gasteiger partial charge in [0.25, 0.3) is 0 Å². The monoisotopic (exact) mass is 288 g/mol. The number of aryl methyl sites for hydroxylation is 1. The summed E-state index contributed by atoms with van der Waals surface area (Å²) >= 11 is 1.92. The lowest BCUT2D eigenvalue weighted by atomic mass is 10.0. The van der Waals surface area contributed by atoms with E-state index in [-0.39, 0.29) is 6.04 Å². The Bertz CT molecular complexity index is 556. The molecule has 3 N–H and O–H groups in total. The number of thioether (sulfide) groups is 1. The molecule has 1 aromatic carbocycles. The molecule has 0 aliphatic carbocycles. The third-order valence-corrected chi connectivity index (χ3v) is 5.33. The lowest BCUT2D eigenvalue weighted by Gasteiger charge is -2.22. The van der Waals surface area contributed by atoms with Gasteiger partial charge in [-0.3, -0.25) is 11.3 Å². The summed E-state index contributed by atoms with van der Waals surface area (Å²) in [5, 5.41) is 0.472. The highest BCUT2D eigenvalue weighted by atomic mass is 32.2. The van der Waals surface area contributed by atoms with Crippen molar-refractivity contribution in [2.45, 2.75) is 42.5 Å². The molecular weight excluding hydrogens is 268 g/mol. The number of aromatic nitrogens is 2. The lowest BCUT2D eigenvalue weighted by molar-refractivity contribution is 0.486. The molecule has 20 heavy (non-hydrogen) atoms. The number of nitrogens with two attached hydrogens (primary N) is 1. The van der Waals surface area contributed by atoms with E-state index < -0.39 is 0 Å². The van der Waals surface area contributed by atoms with Gasteiger partial charge in [-0.05, 0) is 25.0 Å². The molecule has 0 saturated carbocycles. The zero-order valence-electron chi connectivity index (χ0n) is 11.6. The first-order valence-corrected chi connectivity index (χ1v) is 7.90. The molecule has 0 amide bonds. The first-order valence-electron chi connectivity index (χ1n) is 7.02. The molecule has 0 saturated heterocycles. The molecule has 5 heteroatoms. The lowest BCUT2D eigenvalue weighted by Crippen LogP contribution is -2.44. The fraction of sp³-hybridized carbons (Fsp3) is 0.400. The normalized spacial score (nSPS) is 19.0. The maximum atomic E-state index is 5.80. The van der Waals surface area contributed by atoms with Crippen LogP contribution in [-0.2, 0) is 19.4 Å². The SMILES string of the molecule is CCn1ccnc1CC(NN)C1Cc2ccccc2S1. The molecule has 1 aliphatic heterocycles. The Morgan fingerprint density at radius 1 is 1.50 bits per heavy atom. The molecule has 2 unspecified atom stereocenters. The number of nitrogens with one attached hydrogen (secondary N) is 1. The fourth-order valence-corrected chi connectivity index (χ4v) is 4.13. The molecule has 2 heterocycles. The van der Waals surface area contributed by atoms with Crippen molar-refractivity contribution < 1.29 is 0 Å². The summed E-state index contributed by atoms with van der Waals surface area (Å²) in [6.45, 7) is 3.08. The van der Waals surface area contributed by atoms with E-state index in [4.69, 9.17) is 5.84 Å². The van der Waals surface area contributed by atoms with Crippen LogP contribution in [0.4, 0.5) is 0 Å². The standard InChI is InChI=1S/C15H20N4S/c1-2-19-8-7-17-15(19)10-12(18-16)14-9-11-5-3-4-6-13(11)20-14/h3-8,12,14,18H,2,9-10,16H2,1H3. The van der Waals surface area contributed by atoms with Crippen LogP contribution in [0.1, 0.15) is 18.3 Å². The van der Waals surface area contributed by atoms with E-state index in [1.165, 1.54) is 10.5 Å². The summed E-state index contributed by atoms with van der Waals surface area (Å²) in [6.07, 6.45) is 5.83. The van der Waals surface area contributed by atoms with Gasteiger partial charge in [0.05, 0.1) is 0 Å². The molecule has 106 valence electrons. The van der Waals surface area contributed by atoms with E-state index in [0.717, 1.165) is 25.2 Å². The molecule has 2 aromatic rings. The highest BCUT2D eigenvalue weighted by Crippen LogP contribution is 2.38. The number of benzene rings is 1. The quantitative estimate of drug-likeness (QED) is 0.652. The topological polar surface area (TPSA) is 55.9 Å². The van der Waals surface area contributed by atoms with Crippen LogP contribution < -0.4 is 11.3 Å². The summed E-state index contributed by atoms with van der Waals surface area (Å²) in [7, 11) is 0. The van der Waals surface area contributed by atoms with Crippen molar-refractivity contribution in [1.82, 2.24) is 15.0 Å². The van der Waals surface area contributed by atoms with Crippen LogP contribution in [0.5, 0.6) is 0 Å². The predicted octanol–water partition coefficient (Wildman–Crippen LogP) is 1.99. The zero-order chi connectivity index (χ0) is 13.9. The summed E-state index contributed by atoms with van der Waals surface area (Å²) < 4.78 is 2.18. The largest absolute Gasteiger partial charge is 0.335 e. The second-order valence-electron chi connectivity index (χ2n) is 5.07. The number of imidazole rings is 1. The molecule has 0 radical (unpaired) electrons. The Labute approximate surface area is 123 Å². The number of fused-ring (bicyclic) bond motifs is 1. The van der Waals surface area contributed by atoms with Crippen LogP contribution in [-0.4, -0.2) is 20.8 Å². The molecule has 1 aliphatic rings. The van der Waals surface area contributed by atoms with Crippen molar-refractivity contribution >= 4 is 11.8 Å². The third kappa shape index (κ3) is 2.61. The second-order valence-corrected chi connectivity index (χ2v) is 6.36. The minimum absolute atomic E-state index is 0.236. The van der Waals surface area contributed by atoms with E-state index in [1.54, 1.807) is 0 Å². The average molecular weight is 288 g/mol. The van der Waals surface area contributed by atoms with E-state index in [0.29, 0.717) is 5.25 Å². The van der Waals surface area contributed by atoms with Gasteiger partial charge in [-0.15, -0.1) is 11.8 Å². The summed E-state index contributed by atoms with van der Waals surface area (Å²) in [4.78, 5) is 5.84. The van der Waals surface area contributed by atoms with Gasteiger partial charge >= 0.3 is 0 Å². The van der Waals surface area contributed by atoms with Crippen molar-refractivity contribution in [2.24, 2.45) is 5.84 Å². The average Bonchev–Trinajstić information content (AvgIpc) is 3.10. The molecule has 0 bridgehead atoms. The van der Waals surface area contributed by atoms with E-state index in [1.807, 2.05) is 24.2 Å². The molecule has 4 nitrogen and oxygen atoms in total. The van der Waals surface area contributed by atoms with Crippen molar-refractivity contribution in [3.8, 4) is 0 Å². The molecule has 0 spiro atoms. The van der Waals surface area contributed by atoms with Gasteiger partial charge in [0.1, 0.15) is 5.82 Å². The van der Waals surface area contributed by atoms with Gasteiger partial charge in [-0.2, -0.15) is 0 Å². The molecular formula is C15H20N4S. The van der Waals surface area contributed by atoms with Crippen molar-refractivity contribution in [1.29, 1.82) is 0 Å². The Morgan fingerprint density at radius 2 is 2.35 bits per heavy atom. The van der Waals surface area contributed by atoms with Gasteiger partial charge in [-0.1, -0.05) is 18.2 Å². The van der Waals surface area contributed by atoms with Crippen molar-refractivity contribution in [3.05, 3.63) is 48.0 Å². The van der Waals surface area contributed by atoms with Crippen LogP contribution in [0, 0.1) is 0 Å². The van der Waals surface area contributed by atoms with Crippen LogP contribution in [0.25, 0.3) is 0 Å². The Morgan fingerprint density at radius 3 is 3.10 bits per heavy atom. The van der Waals surface area contributed by atoms with Gasteiger partial charge in [-0.25, -0.2) is 4.98 Å². The molecule has 0 fully saturated rings. The predicted molar refractivity (Wildman–Crippen MR) is 82.5 cm³/mol. The van der Waals surface area contributed by atoms with Crippen LogP contribution in [0.3, 0.4) is 0 Å². The van der Waals surface area contributed by atoms with Gasteiger partial charge in [0.2, 0.25) is 0 Å². The van der Waals surface area contributed by atoms with E-state index in [9.17, 15) is 0 Å². The number of hydrazine groups is 1. The van der Waals surface area contributed by atoms with Gasteiger partial charge in [0.15, 0.2) is 0 Å². The first kappa shape index (κ1) is 13.7. The second kappa shape index (κ2) is 5.99. The minimum Gasteiger partial charge on any atom is -0.335 e.